The molecule has 1 rings (SSSR count). The molecule has 1 saturated carbocycles. The van der Waals surface area contributed by atoms with Gasteiger partial charge >= 0.3 is 0 Å². The molecule has 7 heavy (non-hydrogen) atoms. The number of nitrogens with two attached hydrogens (primary N) is 1. The molecule has 42 valence electrons. The Morgan fingerprint density at radius 2 is 2.43 bits per heavy atom. The largest absolute Gasteiger partial charge is 0.384 e. The van der Waals surface area contributed by atoms with Gasteiger partial charge in [0.05, 0.1) is 6.61 Å². The van der Waals surface area contributed by atoms with Gasteiger partial charge in [-0.25, -0.2) is 0 Å². The van der Waals surface area contributed by atoms with E-state index in [-0.39, 0.29) is 0 Å². The summed E-state index contributed by atoms with van der Waals surface area (Å²) in [5.74, 6) is 0.671. The van der Waals surface area contributed by atoms with Crippen molar-refractivity contribution in [2.45, 2.75) is 12.5 Å². The number of ether oxygens (including phenoxy) is 1. The molecule has 2 N–H and O–H groups in total. The van der Waals surface area contributed by atoms with E-state index in [0.717, 1.165) is 13.0 Å². The zero-order valence-corrected chi connectivity index (χ0v) is 4.55. The standard InChI is InChI=1S/C5H11NO/c1-7-3-4-2-5(4)6/h4-5H,2-3,6H2,1H3/t4?,5-/m0/s1. The topological polar surface area (TPSA) is 35.2 Å². The second kappa shape index (κ2) is 1.80. The second-order valence-corrected chi connectivity index (χ2v) is 2.11. The van der Waals surface area contributed by atoms with Crippen LogP contribution in [0.15, 0.2) is 0 Å². The quantitative estimate of drug-likeness (QED) is 0.530. The van der Waals surface area contributed by atoms with Crippen molar-refractivity contribution >= 4 is 0 Å². The predicted octanol–water partition coefficient (Wildman–Crippen LogP) is -0.0200. The Labute approximate surface area is 43.6 Å². The van der Waals surface area contributed by atoms with Gasteiger partial charge in [0.25, 0.3) is 0 Å². The van der Waals surface area contributed by atoms with Crippen LogP contribution in [0.4, 0.5) is 0 Å². The SMILES string of the molecule is COCC1C[C@@H]1N. The Morgan fingerprint density at radius 3 is 2.57 bits per heavy atom. The smallest absolute Gasteiger partial charge is 0.0505 e. The van der Waals surface area contributed by atoms with Crippen LogP contribution in [0.5, 0.6) is 0 Å². The number of methoxy groups -OCH3 is 1. The molecule has 1 unspecified atom stereocenters. The van der Waals surface area contributed by atoms with Crippen LogP contribution in [0.25, 0.3) is 0 Å². The molecular weight excluding hydrogens is 90.1 g/mol. The van der Waals surface area contributed by atoms with Crippen LogP contribution in [0.3, 0.4) is 0 Å². The molecule has 1 fully saturated rings. The minimum absolute atomic E-state index is 0.444. The summed E-state index contributed by atoms with van der Waals surface area (Å²) in [5, 5.41) is 0. The van der Waals surface area contributed by atoms with Crippen LogP contribution in [-0.4, -0.2) is 19.8 Å². The first-order chi connectivity index (χ1) is 3.34. The first-order valence-electron chi connectivity index (χ1n) is 2.59. The lowest BCUT2D eigenvalue weighted by atomic mass is 10.4. The van der Waals surface area contributed by atoms with Crippen molar-refractivity contribution in [3.8, 4) is 0 Å². The van der Waals surface area contributed by atoms with Gasteiger partial charge in [-0.15, -0.1) is 0 Å². The zero-order valence-electron chi connectivity index (χ0n) is 4.55. The summed E-state index contributed by atoms with van der Waals surface area (Å²) in [5.41, 5.74) is 5.47. The van der Waals surface area contributed by atoms with Gasteiger partial charge in [0.2, 0.25) is 0 Å². The Bertz CT molecular complexity index is 65.1. The Morgan fingerprint density at radius 1 is 1.86 bits per heavy atom. The van der Waals surface area contributed by atoms with E-state index in [1.807, 2.05) is 0 Å². The summed E-state index contributed by atoms with van der Waals surface area (Å²) in [7, 11) is 1.71. The van der Waals surface area contributed by atoms with Crippen molar-refractivity contribution in [1.29, 1.82) is 0 Å². The lowest BCUT2D eigenvalue weighted by molar-refractivity contribution is 0.184. The van der Waals surface area contributed by atoms with E-state index >= 15 is 0 Å². The molecule has 0 radical (unpaired) electrons. The van der Waals surface area contributed by atoms with Crippen LogP contribution in [-0.2, 0) is 4.74 Å². The Balaban J connectivity index is 1.98. The van der Waals surface area contributed by atoms with Gasteiger partial charge in [0.1, 0.15) is 0 Å². The van der Waals surface area contributed by atoms with Crippen LogP contribution in [0.2, 0.25) is 0 Å². The van der Waals surface area contributed by atoms with Gasteiger partial charge < -0.3 is 10.5 Å². The van der Waals surface area contributed by atoms with Gasteiger partial charge in [0.15, 0.2) is 0 Å². The van der Waals surface area contributed by atoms with E-state index in [0.29, 0.717) is 12.0 Å². The maximum atomic E-state index is 5.47. The van der Waals surface area contributed by atoms with Crippen LogP contribution in [0, 0.1) is 5.92 Å². The van der Waals surface area contributed by atoms with Crippen molar-refractivity contribution in [2.24, 2.45) is 11.7 Å². The first-order valence-corrected chi connectivity index (χ1v) is 2.59. The second-order valence-electron chi connectivity index (χ2n) is 2.11. The summed E-state index contributed by atoms with van der Waals surface area (Å²) in [4.78, 5) is 0. The average Bonchev–Trinajstić information content (AvgIpc) is 2.22. The Kier molecular flexibility index (Phi) is 1.30. The average molecular weight is 101 g/mol. The number of hydrogen-bond donors (Lipinski definition) is 1. The molecule has 0 aromatic heterocycles. The minimum atomic E-state index is 0.444. The van der Waals surface area contributed by atoms with Crippen molar-refractivity contribution in [1.82, 2.24) is 0 Å². The highest BCUT2D eigenvalue weighted by Crippen LogP contribution is 2.27. The first kappa shape index (κ1) is 5.06. The molecule has 0 saturated heterocycles. The van der Waals surface area contributed by atoms with Crippen molar-refractivity contribution < 1.29 is 4.74 Å². The number of hydrogen-bond acceptors (Lipinski definition) is 2. The minimum Gasteiger partial charge on any atom is -0.384 e. The zero-order chi connectivity index (χ0) is 5.28. The van der Waals surface area contributed by atoms with Gasteiger partial charge in [0, 0.05) is 13.2 Å². The maximum Gasteiger partial charge on any atom is 0.0505 e. The van der Waals surface area contributed by atoms with Crippen molar-refractivity contribution in [3.05, 3.63) is 0 Å². The molecule has 0 amide bonds. The van der Waals surface area contributed by atoms with Crippen LogP contribution >= 0.6 is 0 Å². The molecule has 0 aromatic carbocycles. The fourth-order valence-corrected chi connectivity index (χ4v) is 0.677. The molecule has 0 spiro atoms. The summed E-state index contributed by atoms with van der Waals surface area (Å²) in [6, 6.07) is 0.444. The van der Waals surface area contributed by atoms with Gasteiger partial charge in [-0.2, -0.15) is 0 Å². The maximum absolute atomic E-state index is 5.47. The molecule has 2 atom stereocenters. The lowest BCUT2D eigenvalue weighted by Gasteiger charge is -1.89. The van der Waals surface area contributed by atoms with Gasteiger partial charge in [-0.3, -0.25) is 0 Å². The van der Waals surface area contributed by atoms with E-state index < -0.39 is 0 Å². The summed E-state index contributed by atoms with van der Waals surface area (Å²) < 4.78 is 4.86. The molecule has 0 bridgehead atoms. The van der Waals surface area contributed by atoms with Crippen LogP contribution in [0.1, 0.15) is 6.42 Å². The highest BCUT2D eigenvalue weighted by atomic mass is 16.5. The molecular formula is C5H11NO. The molecule has 2 heteroatoms. The molecule has 1 aliphatic rings. The number of rotatable bonds is 2. The van der Waals surface area contributed by atoms with Crippen molar-refractivity contribution in [3.63, 3.8) is 0 Å². The molecule has 2 nitrogen and oxygen atoms in total. The van der Waals surface area contributed by atoms with E-state index in [9.17, 15) is 0 Å². The third kappa shape index (κ3) is 1.14. The van der Waals surface area contributed by atoms with Gasteiger partial charge in [-0.05, 0) is 12.3 Å². The summed E-state index contributed by atoms with van der Waals surface area (Å²) in [6.07, 6.45) is 1.16. The molecule has 0 aromatic rings. The van der Waals surface area contributed by atoms with Gasteiger partial charge in [-0.1, -0.05) is 0 Å². The van der Waals surface area contributed by atoms with Crippen LogP contribution < -0.4 is 5.73 Å². The third-order valence-corrected chi connectivity index (χ3v) is 1.36. The molecule has 0 heterocycles. The lowest BCUT2D eigenvalue weighted by Crippen LogP contribution is -2.05. The third-order valence-electron chi connectivity index (χ3n) is 1.36. The summed E-state index contributed by atoms with van der Waals surface area (Å²) in [6.45, 7) is 0.848. The fourth-order valence-electron chi connectivity index (χ4n) is 0.677. The summed E-state index contributed by atoms with van der Waals surface area (Å²) >= 11 is 0. The highest BCUT2D eigenvalue weighted by molar-refractivity contribution is 4.89. The van der Waals surface area contributed by atoms with E-state index in [1.165, 1.54) is 0 Å². The highest BCUT2D eigenvalue weighted by Gasteiger charge is 2.32. The normalized spacial score (nSPS) is 38.6. The van der Waals surface area contributed by atoms with E-state index in [2.05, 4.69) is 0 Å². The molecule has 0 aliphatic heterocycles. The predicted molar refractivity (Wildman–Crippen MR) is 28.0 cm³/mol. The monoisotopic (exact) mass is 101 g/mol. The molecule has 1 aliphatic carbocycles. The Hall–Kier alpha value is -0.0800. The van der Waals surface area contributed by atoms with E-state index in [1.54, 1.807) is 7.11 Å². The van der Waals surface area contributed by atoms with Crippen molar-refractivity contribution in [2.75, 3.05) is 13.7 Å². The van der Waals surface area contributed by atoms with E-state index in [4.69, 9.17) is 10.5 Å². The fraction of sp³-hybridized carbons (Fsp3) is 1.00.